The van der Waals surface area contributed by atoms with E-state index in [-0.39, 0.29) is 5.41 Å². The quantitative estimate of drug-likeness (QED) is 0.128. The first-order chi connectivity index (χ1) is 20.3. The largest absolute Gasteiger partial charge is 0.494 e. The number of halogens is 1. The summed E-state index contributed by atoms with van der Waals surface area (Å²) in [6, 6.07) is 16.6. The van der Waals surface area contributed by atoms with Crippen LogP contribution in [0.25, 0.3) is 0 Å². The maximum absolute atomic E-state index is 10.4. The Morgan fingerprint density at radius 3 is 1.93 bits per heavy atom. The molecule has 0 spiro atoms. The molecule has 0 bridgehead atoms. The van der Waals surface area contributed by atoms with Crippen molar-refractivity contribution in [3.05, 3.63) is 82.9 Å². The number of nitrogens with one attached hydrogen (secondary N) is 1. The Kier molecular flexibility index (Phi) is 14.4. The first kappa shape index (κ1) is 33.1. The summed E-state index contributed by atoms with van der Waals surface area (Å²) in [5, 5.41) is 11.2. The summed E-state index contributed by atoms with van der Waals surface area (Å²) >= 11 is 5.90. The fraction of sp³-hybridized carbons (Fsp3) is 0.485. The Balaban J connectivity index is 1.26. The molecule has 42 heavy (non-hydrogen) atoms. The standard InChI is InChI=1S/C33H44ClN3O5/c1-33(2,27-13-17-30(18-14-27)42-25-28-23-35-24-31(34)37-28)26-11-15-29(16-12-26)41-22-9-6-4-3-5-8-20-40-21-10-7-19-36-32(38)39/h11-18,23-24,36H,3-10,19-22,25H2,1-2H3,(H,38,39). The SMILES string of the molecule is CC(C)(c1ccc(OCCCCCCCCOCCCCNC(=O)O)cc1)c1ccc(OCc2cncc(Cl)n2)cc1. The summed E-state index contributed by atoms with van der Waals surface area (Å²) in [5.74, 6) is 1.67. The van der Waals surface area contributed by atoms with E-state index in [1.165, 1.54) is 36.6 Å². The zero-order chi connectivity index (χ0) is 30.0. The number of hydrogen-bond acceptors (Lipinski definition) is 6. The first-order valence-corrected chi connectivity index (χ1v) is 15.2. The lowest BCUT2D eigenvalue weighted by atomic mass is 9.78. The zero-order valence-electron chi connectivity index (χ0n) is 24.8. The first-order valence-electron chi connectivity index (χ1n) is 14.8. The van der Waals surface area contributed by atoms with Gasteiger partial charge >= 0.3 is 6.09 Å². The van der Waals surface area contributed by atoms with Crippen molar-refractivity contribution in [2.24, 2.45) is 0 Å². The molecule has 1 amide bonds. The van der Waals surface area contributed by atoms with Gasteiger partial charge in [0, 0.05) is 25.2 Å². The summed E-state index contributed by atoms with van der Waals surface area (Å²) in [5.41, 5.74) is 2.94. The molecule has 0 saturated heterocycles. The number of aromatic nitrogens is 2. The van der Waals surface area contributed by atoms with Gasteiger partial charge in [0.2, 0.25) is 0 Å². The Labute approximate surface area is 254 Å². The molecular formula is C33H44ClN3O5. The second-order valence-corrected chi connectivity index (χ2v) is 11.2. The minimum atomic E-state index is -0.967. The van der Waals surface area contributed by atoms with E-state index in [0.717, 1.165) is 56.8 Å². The van der Waals surface area contributed by atoms with Crippen LogP contribution in [0, 0.1) is 0 Å². The predicted octanol–water partition coefficient (Wildman–Crippen LogP) is 7.82. The number of benzene rings is 2. The number of ether oxygens (including phenoxy) is 3. The van der Waals surface area contributed by atoms with Crippen LogP contribution in [0.15, 0.2) is 60.9 Å². The van der Waals surface area contributed by atoms with Gasteiger partial charge in [-0.25, -0.2) is 9.78 Å². The van der Waals surface area contributed by atoms with Crippen molar-refractivity contribution in [1.82, 2.24) is 15.3 Å². The van der Waals surface area contributed by atoms with Crippen LogP contribution < -0.4 is 14.8 Å². The van der Waals surface area contributed by atoms with Gasteiger partial charge in [0.05, 0.1) is 24.7 Å². The molecule has 0 aliphatic rings. The highest BCUT2D eigenvalue weighted by Gasteiger charge is 2.23. The molecule has 0 atom stereocenters. The van der Waals surface area contributed by atoms with Gasteiger partial charge in [0.1, 0.15) is 23.3 Å². The third kappa shape index (κ3) is 12.2. The van der Waals surface area contributed by atoms with Crippen molar-refractivity contribution in [2.45, 2.75) is 77.2 Å². The van der Waals surface area contributed by atoms with Crippen molar-refractivity contribution >= 4 is 17.7 Å². The third-order valence-electron chi connectivity index (χ3n) is 7.14. The zero-order valence-corrected chi connectivity index (χ0v) is 25.6. The number of hydrogen-bond donors (Lipinski definition) is 2. The Hall–Kier alpha value is -3.36. The summed E-state index contributed by atoms with van der Waals surface area (Å²) in [4.78, 5) is 18.6. The van der Waals surface area contributed by atoms with Crippen LogP contribution >= 0.6 is 11.6 Å². The molecular weight excluding hydrogens is 554 g/mol. The van der Waals surface area contributed by atoms with Crippen molar-refractivity contribution in [3.8, 4) is 11.5 Å². The van der Waals surface area contributed by atoms with E-state index >= 15 is 0 Å². The summed E-state index contributed by atoms with van der Waals surface area (Å²) in [6.45, 7) is 7.44. The van der Waals surface area contributed by atoms with E-state index in [1.807, 2.05) is 12.1 Å². The van der Waals surface area contributed by atoms with Crippen LogP contribution in [0.4, 0.5) is 4.79 Å². The van der Waals surface area contributed by atoms with Crippen LogP contribution in [-0.2, 0) is 16.8 Å². The van der Waals surface area contributed by atoms with Gasteiger partial charge in [-0.2, -0.15) is 0 Å². The molecule has 0 aliphatic heterocycles. The molecule has 0 fully saturated rings. The average Bonchev–Trinajstić information content (AvgIpc) is 2.98. The van der Waals surface area contributed by atoms with Crippen LogP contribution in [0.2, 0.25) is 5.15 Å². The van der Waals surface area contributed by atoms with Crippen LogP contribution in [0.1, 0.15) is 82.0 Å². The van der Waals surface area contributed by atoms with E-state index in [4.69, 9.17) is 30.9 Å². The van der Waals surface area contributed by atoms with Gasteiger partial charge in [0.15, 0.2) is 0 Å². The van der Waals surface area contributed by atoms with E-state index in [1.54, 1.807) is 6.20 Å². The van der Waals surface area contributed by atoms with Crippen LogP contribution in [0.3, 0.4) is 0 Å². The Morgan fingerprint density at radius 1 is 0.786 bits per heavy atom. The van der Waals surface area contributed by atoms with E-state index in [9.17, 15) is 4.79 Å². The van der Waals surface area contributed by atoms with E-state index in [2.05, 4.69) is 65.5 Å². The Bertz CT molecular complexity index is 1190. The highest BCUT2D eigenvalue weighted by Crippen LogP contribution is 2.33. The molecule has 228 valence electrons. The van der Waals surface area contributed by atoms with Gasteiger partial charge in [-0.05, 0) is 61.1 Å². The highest BCUT2D eigenvalue weighted by atomic mass is 35.5. The number of rotatable bonds is 20. The van der Waals surface area contributed by atoms with Crippen LogP contribution in [-0.4, -0.2) is 47.5 Å². The molecule has 8 nitrogen and oxygen atoms in total. The fourth-order valence-corrected chi connectivity index (χ4v) is 4.70. The molecule has 0 radical (unpaired) electrons. The normalized spacial score (nSPS) is 11.3. The van der Waals surface area contributed by atoms with Crippen molar-refractivity contribution in [1.29, 1.82) is 0 Å². The minimum absolute atomic E-state index is 0.167. The summed E-state index contributed by atoms with van der Waals surface area (Å²) < 4.78 is 17.4. The summed E-state index contributed by atoms with van der Waals surface area (Å²) in [7, 11) is 0. The molecule has 3 rings (SSSR count). The second-order valence-electron chi connectivity index (χ2n) is 10.8. The molecule has 0 aliphatic carbocycles. The molecule has 1 aromatic heterocycles. The highest BCUT2D eigenvalue weighted by molar-refractivity contribution is 6.29. The predicted molar refractivity (Wildman–Crippen MR) is 166 cm³/mol. The van der Waals surface area contributed by atoms with Crippen molar-refractivity contribution in [2.75, 3.05) is 26.4 Å². The molecule has 9 heteroatoms. The molecule has 1 heterocycles. The van der Waals surface area contributed by atoms with E-state index < -0.39 is 6.09 Å². The molecule has 2 N–H and O–H groups in total. The van der Waals surface area contributed by atoms with Gasteiger partial charge in [-0.15, -0.1) is 0 Å². The third-order valence-corrected chi connectivity index (χ3v) is 7.32. The number of unbranched alkanes of at least 4 members (excludes halogenated alkanes) is 6. The lowest BCUT2D eigenvalue weighted by molar-refractivity contribution is 0.126. The molecule has 2 aromatic carbocycles. The number of nitrogens with zero attached hydrogens (tertiary/aromatic N) is 2. The lowest BCUT2D eigenvalue weighted by Gasteiger charge is -2.26. The average molecular weight is 598 g/mol. The molecule has 3 aromatic rings. The monoisotopic (exact) mass is 597 g/mol. The topological polar surface area (TPSA) is 103 Å². The van der Waals surface area contributed by atoms with Gasteiger partial charge in [-0.1, -0.05) is 75.4 Å². The maximum atomic E-state index is 10.4. The second kappa shape index (κ2) is 18.2. The number of carboxylic acid groups (broad SMARTS) is 1. The van der Waals surface area contributed by atoms with Gasteiger partial charge < -0.3 is 24.6 Å². The number of carbonyl (C=O) groups is 1. The van der Waals surface area contributed by atoms with Gasteiger partial charge in [0.25, 0.3) is 0 Å². The Morgan fingerprint density at radius 2 is 1.33 bits per heavy atom. The van der Waals surface area contributed by atoms with Gasteiger partial charge in [-0.3, -0.25) is 4.98 Å². The van der Waals surface area contributed by atoms with E-state index in [0.29, 0.717) is 30.6 Å². The summed E-state index contributed by atoms with van der Waals surface area (Å²) in [6.07, 6.45) is 10.7. The van der Waals surface area contributed by atoms with Crippen molar-refractivity contribution in [3.63, 3.8) is 0 Å². The maximum Gasteiger partial charge on any atom is 0.404 e. The van der Waals surface area contributed by atoms with Crippen LogP contribution in [0.5, 0.6) is 11.5 Å². The molecule has 0 saturated carbocycles. The minimum Gasteiger partial charge on any atom is -0.494 e. The number of amides is 1. The molecule has 0 unspecified atom stereocenters. The van der Waals surface area contributed by atoms with Crippen molar-refractivity contribution < 1.29 is 24.1 Å². The smallest absolute Gasteiger partial charge is 0.404 e. The fourth-order valence-electron chi connectivity index (χ4n) is 4.54. The lowest BCUT2D eigenvalue weighted by Crippen LogP contribution is -2.22.